The van der Waals surface area contributed by atoms with Gasteiger partial charge in [0.05, 0.1) is 18.1 Å². The molecule has 106 valence electrons. The van der Waals surface area contributed by atoms with Crippen molar-refractivity contribution in [2.24, 2.45) is 5.92 Å². The van der Waals surface area contributed by atoms with Gasteiger partial charge in [-0.05, 0) is 25.3 Å². The van der Waals surface area contributed by atoms with Crippen LogP contribution in [0, 0.1) is 5.92 Å². The van der Waals surface area contributed by atoms with E-state index in [1.807, 2.05) is 12.4 Å². The first kappa shape index (κ1) is 14.3. The van der Waals surface area contributed by atoms with Gasteiger partial charge in [-0.1, -0.05) is 26.7 Å². The van der Waals surface area contributed by atoms with Gasteiger partial charge in [0.1, 0.15) is 5.82 Å². The molecule has 2 rings (SSSR count). The number of aromatic nitrogens is 2. The lowest BCUT2D eigenvalue weighted by atomic mass is 9.86. The van der Waals surface area contributed by atoms with Crippen LogP contribution in [0.2, 0.25) is 0 Å². The summed E-state index contributed by atoms with van der Waals surface area (Å²) in [5, 5.41) is 3.27. The van der Waals surface area contributed by atoms with Crippen molar-refractivity contribution in [2.75, 3.05) is 18.5 Å². The Morgan fingerprint density at radius 1 is 1.32 bits per heavy atom. The van der Waals surface area contributed by atoms with Crippen molar-refractivity contribution in [3.05, 3.63) is 18.1 Å². The van der Waals surface area contributed by atoms with Crippen molar-refractivity contribution in [3.63, 3.8) is 0 Å². The molecule has 1 aromatic rings. The average molecular weight is 262 g/mol. The van der Waals surface area contributed by atoms with Gasteiger partial charge in [-0.2, -0.15) is 0 Å². The maximum atomic E-state index is 4.56. The van der Waals surface area contributed by atoms with Crippen LogP contribution in [-0.4, -0.2) is 29.6 Å². The number of nitrogens with one attached hydrogen (secondary N) is 1. The fourth-order valence-corrected chi connectivity index (χ4v) is 2.82. The summed E-state index contributed by atoms with van der Waals surface area (Å²) in [7, 11) is 2.15. The lowest BCUT2D eigenvalue weighted by Crippen LogP contribution is -2.36. The second kappa shape index (κ2) is 6.85. The predicted octanol–water partition coefficient (Wildman–Crippen LogP) is 2.60. The highest BCUT2D eigenvalue weighted by molar-refractivity contribution is 5.36. The van der Waals surface area contributed by atoms with E-state index in [1.165, 1.54) is 25.7 Å². The zero-order valence-electron chi connectivity index (χ0n) is 12.4. The topological polar surface area (TPSA) is 41.1 Å². The Kier molecular flexibility index (Phi) is 5.14. The summed E-state index contributed by atoms with van der Waals surface area (Å²) in [6.45, 7) is 6.21. The first-order chi connectivity index (χ1) is 9.20. The Hall–Kier alpha value is -1.16. The number of hydrogen-bond donors (Lipinski definition) is 1. The van der Waals surface area contributed by atoms with Crippen LogP contribution in [0.25, 0.3) is 0 Å². The maximum Gasteiger partial charge on any atom is 0.147 e. The zero-order chi connectivity index (χ0) is 13.7. The van der Waals surface area contributed by atoms with Crippen molar-refractivity contribution >= 4 is 5.82 Å². The summed E-state index contributed by atoms with van der Waals surface area (Å²) in [5.74, 6) is 1.83. The van der Waals surface area contributed by atoms with E-state index in [9.17, 15) is 0 Å². The molecule has 0 spiro atoms. The van der Waals surface area contributed by atoms with Gasteiger partial charge in [0, 0.05) is 19.6 Å². The van der Waals surface area contributed by atoms with Crippen LogP contribution in [0.3, 0.4) is 0 Å². The van der Waals surface area contributed by atoms with E-state index >= 15 is 0 Å². The molecule has 1 heterocycles. The highest BCUT2D eigenvalue weighted by atomic mass is 15.2. The Morgan fingerprint density at radius 2 is 2.16 bits per heavy atom. The minimum Gasteiger partial charge on any atom is -0.355 e. The molecule has 1 saturated carbocycles. The number of rotatable bonds is 5. The average Bonchev–Trinajstić information content (AvgIpc) is 2.45. The summed E-state index contributed by atoms with van der Waals surface area (Å²) >= 11 is 0. The third-order valence-corrected chi connectivity index (χ3v) is 4.07. The molecule has 2 unspecified atom stereocenters. The van der Waals surface area contributed by atoms with Crippen LogP contribution >= 0.6 is 0 Å². The predicted molar refractivity (Wildman–Crippen MR) is 79.2 cm³/mol. The van der Waals surface area contributed by atoms with E-state index in [0.717, 1.165) is 30.5 Å². The van der Waals surface area contributed by atoms with Crippen molar-refractivity contribution in [2.45, 2.75) is 52.1 Å². The molecular weight excluding hydrogens is 236 g/mol. The van der Waals surface area contributed by atoms with E-state index < -0.39 is 0 Å². The Bertz CT molecular complexity index is 376. The number of hydrogen-bond acceptors (Lipinski definition) is 4. The fraction of sp³-hybridized carbons (Fsp3) is 0.733. The molecule has 0 bridgehead atoms. The quantitative estimate of drug-likeness (QED) is 0.885. The third kappa shape index (κ3) is 3.90. The second-order valence-electron chi connectivity index (χ2n) is 5.68. The van der Waals surface area contributed by atoms with Gasteiger partial charge in [0.15, 0.2) is 0 Å². The largest absolute Gasteiger partial charge is 0.355 e. The van der Waals surface area contributed by atoms with E-state index in [0.29, 0.717) is 6.04 Å². The van der Waals surface area contributed by atoms with Crippen LogP contribution in [0.1, 0.15) is 45.2 Å². The Labute approximate surface area is 116 Å². The van der Waals surface area contributed by atoms with Crippen LogP contribution in [0.4, 0.5) is 5.82 Å². The van der Waals surface area contributed by atoms with Gasteiger partial charge >= 0.3 is 0 Å². The lowest BCUT2D eigenvalue weighted by Gasteiger charge is -2.34. The van der Waals surface area contributed by atoms with E-state index in [-0.39, 0.29) is 0 Å². The molecular formula is C15H26N4. The van der Waals surface area contributed by atoms with Crippen LogP contribution in [-0.2, 0) is 6.54 Å². The van der Waals surface area contributed by atoms with E-state index in [4.69, 9.17) is 0 Å². The zero-order valence-corrected chi connectivity index (χ0v) is 12.4. The Balaban J connectivity index is 1.96. The van der Waals surface area contributed by atoms with E-state index in [1.54, 1.807) is 0 Å². The molecule has 0 aliphatic heterocycles. The maximum absolute atomic E-state index is 4.56. The standard InChI is InChI=1S/C15H26N4/c1-4-16-9-13-10-18-15(11-17-13)19(3)14-7-5-6-12(2)8-14/h10-12,14,16H,4-9H2,1-3H3. The number of nitrogens with zero attached hydrogens (tertiary/aromatic N) is 3. The molecule has 1 aromatic heterocycles. The second-order valence-corrected chi connectivity index (χ2v) is 5.68. The van der Waals surface area contributed by atoms with Crippen LogP contribution in [0.5, 0.6) is 0 Å². The molecule has 4 heteroatoms. The first-order valence-electron chi connectivity index (χ1n) is 7.45. The molecule has 2 atom stereocenters. The first-order valence-corrected chi connectivity index (χ1v) is 7.45. The third-order valence-electron chi connectivity index (χ3n) is 4.07. The summed E-state index contributed by atoms with van der Waals surface area (Å²) in [5.41, 5.74) is 1.01. The Morgan fingerprint density at radius 3 is 2.79 bits per heavy atom. The molecule has 19 heavy (non-hydrogen) atoms. The molecule has 0 saturated heterocycles. The molecule has 1 aliphatic rings. The summed E-state index contributed by atoms with van der Waals surface area (Å²) in [6, 6.07) is 0.623. The highest BCUT2D eigenvalue weighted by Crippen LogP contribution is 2.28. The van der Waals surface area contributed by atoms with Gasteiger partial charge in [-0.15, -0.1) is 0 Å². The molecule has 0 radical (unpaired) electrons. The van der Waals surface area contributed by atoms with Crippen molar-refractivity contribution < 1.29 is 0 Å². The SMILES string of the molecule is CCNCc1cnc(N(C)C2CCCC(C)C2)cn1. The minimum absolute atomic E-state index is 0.623. The summed E-state index contributed by atoms with van der Waals surface area (Å²) < 4.78 is 0. The van der Waals surface area contributed by atoms with Gasteiger partial charge in [-0.3, -0.25) is 4.98 Å². The molecule has 4 nitrogen and oxygen atoms in total. The molecule has 1 fully saturated rings. The fourth-order valence-electron chi connectivity index (χ4n) is 2.82. The number of anilines is 1. The monoisotopic (exact) mass is 262 g/mol. The van der Waals surface area contributed by atoms with Crippen LogP contribution < -0.4 is 10.2 Å². The normalized spacial score (nSPS) is 23.3. The summed E-state index contributed by atoms with van der Waals surface area (Å²) in [4.78, 5) is 11.3. The molecule has 0 aromatic carbocycles. The highest BCUT2D eigenvalue weighted by Gasteiger charge is 2.23. The van der Waals surface area contributed by atoms with Crippen LogP contribution in [0.15, 0.2) is 12.4 Å². The van der Waals surface area contributed by atoms with Gasteiger partial charge < -0.3 is 10.2 Å². The molecule has 1 N–H and O–H groups in total. The van der Waals surface area contributed by atoms with Gasteiger partial charge in [-0.25, -0.2) is 4.98 Å². The van der Waals surface area contributed by atoms with Crippen molar-refractivity contribution in [3.8, 4) is 0 Å². The smallest absolute Gasteiger partial charge is 0.147 e. The van der Waals surface area contributed by atoms with Gasteiger partial charge in [0.2, 0.25) is 0 Å². The van der Waals surface area contributed by atoms with Crippen molar-refractivity contribution in [1.29, 1.82) is 0 Å². The summed E-state index contributed by atoms with van der Waals surface area (Å²) in [6.07, 6.45) is 9.06. The van der Waals surface area contributed by atoms with E-state index in [2.05, 4.69) is 41.1 Å². The van der Waals surface area contributed by atoms with Crippen molar-refractivity contribution in [1.82, 2.24) is 15.3 Å². The molecule has 0 amide bonds. The lowest BCUT2D eigenvalue weighted by molar-refractivity contribution is 0.335. The molecule has 1 aliphatic carbocycles. The minimum atomic E-state index is 0.623. The van der Waals surface area contributed by atoms with Gasteiger partial charge in [0.25, 0.3) is 0 Å².